The van der Waals surface area contributed by atoms with E-state index < -0.39 is 0 Å². The molecule has 0 saturated carbocycles. The predicted molar refractivity (Wildman–Crippen MR) is 122 cm³/mol. The second kappa shape index (κ2) is 9.46. The number of rotatable bonds is 6. The van der Waals surface area contributed by atoms with Crippen molar-refractivity contribution in [2.75, 3.05) is 24.3 Å². The van der Waals surface area contributed by atoms with Gasteiger partial charge in [0, 0.05) is 36.1 Å². The molecular formula is C24H24ClN3O2. The third-order valence-electron chi connectivity index (χ3n) is 4.71. The van der Waals surface area contributed by atoms with E-state index in [1.807, 2.05) is 62.3 Å². The molecule has 0 aliphatic rings. The Balaban J connectivity index is 1.83. The summed E-state index contributed by atoms with van der Waals surface area (Å²) in [5, 5.41) is 6.35. The fraction of sp³-hybridized carbons (Fsp3) is 0.167. The quantitative estimate of drug-likeness (QED) is 0.578. The van der Waals surface area contributed by atoms with Crippen molar-refractivity contribution in [3.63, 3.8) is 0 Å². The van der Waals surface area contributed by atoms with Gasteiger partial charge in [-0.05, 0) is 48.9 Å². The van der Waals surface area contributed by atoms with Crippen LogP contribution in [0.4, 0.5) is 11.4 Å². The largest absolute Gasteiger partial charge is 0.377 e. The van der Waals surface area contributed by atoms with Crippen LogP contribution in [0.25, 0.3) is 0 Å². The number of carbonyl (C=O) groups is 2. The summed E-state index contributed by atoms with van der Waals surface area (Å²) in [6.45, 7) is 1.94. The molecule has 1 atom stereocenters. The maximum absolute atomic E-state index is 13.0. The highest BCUT2D eigenvalue weighted by molar-refractivity contribution is 6.31. The fourth-order valence-corrected chi connectivity index (χ4v) is 3.31. The van der Waals surface area contributed by atoms with Crippen molar-refractivity contribution >= 4 is 34.8 Å². The highest BCUT2D eigenvalue weighted by Crippen LogP contribution is 2.25. The van der Waals surface area contributed by atoms with Gasteiger partial charge in [0.15, 0.2) is 0 Å². The van der Waals surface area contributed by atoms with Crippen LogP contribution in [0.5, 0.6) is 0 Å². The summed E-state index contributed by atoms with van der Waals surface area (Å²) >= 11 is 5.97. The summed E-state index contributed by atoms with van der Waals surface area (Å²) in [5.74, 6) is -0.506. The highest BCUT2D eigenvalue weighted by atomic mass is 35.5. The Labute approximate surface area is 181 Å². The van der Waals surface area contributed by atoms with Crippen LogP contribution in [0.15, 0.2) is 72.8 Å². The van der Waals surface area contributed by atoms with Crippen molar-refractivity contribution in [2.45, 2.75) is 13.0 Å². The molecular weight excluding hydrogens is 398 g/mol. The molecule has 0 aromatic heterocycles. The molecule has 2 amide bonds. The molecule has 3 aromatic rings. The summed E-state index contributed by atoms with van der Waals surface area (Å²) in [7, 11) is 3.74. The normalized spacial score (nSPS) is 11.5. The number of amides is 2. The van der Waals surface area contributed by atoms with Gasteiger partial charge in [-0.15, -0.1) is 0 Å². The maximum Gasteiger partial charge on any atom is 0.255 e. The Bertz CT molecular complexity index is 1050. The third kappa shape index (κ3) is 5.19. The smallest absolute Gasteiger partial charge is 0.255 e. The van der Waals surface area contributed by atoms with E-state index in [0.717, 1.165) is 11.3 Å². The monoisotopic (exact) mass is 421 g/mol. The lowest BCUT2D eigenvalue weighted by molar-refractivity contribution is 0.0939. The minimum atomic E-state index is -0.292. The molecule has 0 spiro atoms. The SMILES string of the molecule is CC(NC(=O)c1cc(NC(=O)c2cccc(Cl)c2)ccc1N(C)C)c1ccccc1. The summed E-state index contributed by atoms with van der Waals surface area (Å²) in [5.41, 5.74) is 3.23. The lowest BCUT2D eigenvalue weighted by atomic mass is 10.1. The van der Waals surface area contributed by atoms with Crippen LogP contribution in [-0.2, 0) is 0 Å². The number of anilines is 2. The molecule has 0 heterocycles. The van der Waals surface area contributed by atoms with Gasteiger partial charge in [-0.1, -0.05) is 48.0 Å². The molecule has 1 unspecified atom stereocenters. The van der Waals surface area contributed by atoms with Crippen LogP contribution >= 0.6 is 11.6 Å². The van der Waals surface area contributed by atoms with E-state index in [-0.39, 0.29) is 17.9 Å². The summed E-state index contributed by atoms with van der Waals surface area (Å²) in [4.78, 5) is 27.5. The lowest BCUT2D eigenvalue weighted by Gasteiger charge is -2.20. The number of nitrogens with zero attached hydrogens (tertiary/aromatic N) is 1. The average molecular weight is 422 g/mol. The highest BCUT2D eigenvalue weighted by Gasteiger charge is 2.18. The summed E-state index contributed by atoms with van der Waals surface area (Å²) in [6.07, 6.45) is 0. The molecule has 0 fully saturated rings. The molecule has 3 aromatic carbocycles. The summed E-state index contributed by atoms with van der Waals surface area (Å²) in [6, 6.07) is 21.6. The van der Waals surface area contributed by atoms with Gasteiger partial charge >= 0.3 is 0 Å². The Kier molecular flexibility index (Phi) is 6.75. The molecule has 6 heteroatoms. The van der Waals surface area contributed by atoms with E-state index in [9.17, 15) is 9.59 Å². The van der Waals surface area contributed by atoms with Gasteiger partial charge in [-0.25, -0.2) is 0 Å². The van der Waals surface area contributed by atoms with Crippen molar-refractivity contribution in [2.24, 2.45) is 0 Å². The number of hydrogen-bond donors (Lipinski definition) is 2. The molecule has 0 aliphatic carbocycles. The Hall–Kier alpha value is -3.31. The Morgan fingerprint density at radius 3 is 2.30 bits per heavy atom. The first kappa shape index (κ1) is 21.4. The maximum atomic E-state index is 13.0. The zero-order chi connectivity index (χ0) is 21.7. The van der Waals surface area contributed by atoms with Gasteiger partial charge in [-0.2, -0.15) is 0 Å². The molecule has 5 nitrogen and oxygen atoms in total. The van der Waals surface area contributed by atoms with E-state index in [4.69, 9.17) is 11.6 Å². The first-order valence-corrected chi connectivity index (χ1v) is 9.97. The van der Waals surface area contributed by atoms with Gasteiger partial charge in [0.1, 0.15) is 0 Å². The van der Waals surface area contributed by atoms with Gasteiger partial charge in [0.05, 0.1) is 11.6 Å². The topological polar surface area (TPSA) is 61.4 Å². The van der Waals surface area contributed by atoms with E-state index in [1.165, 1.54) is 0 Å². The van der Waals surface area contributed by atoms with Crippen molar-refractivity contribution in [1.82, 2.24) is 5.32 Å². The summed E-state index contributed by atoms with van der Waals surface area (Å²) < 4.78 is 0. The second-order valence-electron chi connectivity index (χ2n) is 7.20. The van der Waals surface area contributed by atoms with Gasteiger partial charge in [0.25, 0.3) is 11.8 Å². The van der Waals surface area contributed by atoms with Crippen LogP contribution in [-0.4, -0.2) is 25.9 Å². The molecule has 0 bridgehead atoms. The molecule has 30 heavy (non-hydrogen) atoms. The van der Waals surface area contributed by atoms with Gasteiger partial charge in [0.2, 0.25) is 0 Å². The average Bonchev–Trinajstić information content (AvgIpc) is 2.74. The number of hydrogen-bond acceptors (Lipinski definition) is 3. The molecule has 0 radical (unpaired) electrons. The van der Waals surface area contributed by atoms with Crippen LogP contribution in [0, 0.1) is 0 Å². The lowest BCUT2D eigenvalue weighted by Crippen LogP contribution is -2.28. The van der Waals surface area contributed by atoms with Crippen LogP contribution in [0.2, 0.25) is 5.02 Å². The minimum absolute atomic E-state index is 0.154. The standard InChI is InChI=1S/C24H24ClN3O2/c1-16(17-8-5-4-6-9-17)26-24(30)21-15-20(12-13-22(21)28(2)3)27-23(29)18-10-7-11-19(25)14-18/h4-16H,1-3H3,(H,26,30)(H,27,29). The van der Waals surface area contributed by atoms with Crippen LogP contribution in [0.3, 0.4) is 0 Å². The number of nitrogens with one attached hydrogen (secondary N) is 2. The van der Waals surface area contributed by atoms with E-state index >= 15 is 0 Å². The zero-order valence-electron chi connectivity index (χ0n) is 17.1. The zero-order valence-corrected chi connectivity index (χ0v) is 17.9. The number of benzene rings is 3. The van der Waals surface area contributed by atoms with Gasteiger partial charge in [-0.3, -0.25) is 9.59 Å². The van der Waals surface area contributed by atoms with Crippen molar-refractivity contribution < 1.29 is 9.59 Å². The first-order chi connectivity index (χ1) is 14.3. The van der Waals surface area contributed by atoms with E-state index in [0.29, 0.717) is 21.8 Å². The Morgan fingerprint density at radius 1 is 0.900 bits per heavy atom. The van der Waals surface area contributed by atoms with Gasteiger partial charge < -0.3 is 15.5 Å². The molecule has 0 saturated heterocycles. The number of carbonyl (C=O) groups excluding carboxylic acids is 2. The van der Waals surface area contributed by atoms with Crippen LogP contribution < -0.4 is 15.5 Å². The number of halogens is 1. The van der Waals surface area contributed by atoms with Crippen molar-refractivity contribution in [1.29, 1.82) is 0 Å². The minimum Gasteiger partial charge on any atom is -0.377 e. The second-order valence-corrected chi connectivity index (χ2v) is 7.63. The molecule has 154 valence electrons. The molecule has 0 aliphatic heterocycles. The third-order valence-corrected chi connectivity index (χ3v) is 4.95. The predicted octanol–water partition coefficient (Wildman–Crippen LogP) is 5.15. The molecule has 2 N–H and O–H groups in total. The van der Waals surface area contributed by atoms with E-state index in [1.54, 1.807) is 36.4 Å². The first-order valence-electron chi connectivity index (χ1n) is 9.59. The fourth-order valence-electron chi connectivity index (χ4n) is 3.12. The van der Waals surface area contributed by atoms with Crippen molar-refractivity contribution in [3.8, 4) is 0 Å². The Morgan fingerprint density at radius 2 is 1.63 bits per heavy atom. The van der Waals surface area contributed by atoms with E-state index in [2.05, 4.69) is 10.6 Å². The molecule has 3 rings (SSSR count). The van der Waals surface area contributed by atoms with Crippen molar-refractivity contribution in [3.05, 3.63) is 94.5 Å². The van der Waals surface area contributed by atoms with Crippen LogP contribution in [0.1, 0.15) is 39.2 Å².